The molecule has 8 nitrogen and oxygen atoms in total. The molecule has 0 spiro atoms. The van der Waals surface area contributed by atoms with Gasteiger partial charge in [0.2, 0.25) is 0 Å². The van der Waals surface area contributed by atoms with Crippen molar-refractivity contribution in [3.8, 4) is 95.3 Å². The minimum atomic E-state index is 0.637. The molecule has 0 aliphatic rings. The second-order valence-electron chi connectivity index (χ2n) is 29.5. The third-order valence-electron chi connectivity index (χ3n) is 23.3. The molecule has 8 heteroatoms. The maximum atomic E-state index is 6.38. The molecule has 0 amide bonds. The van der Waals surface area contributed by atoms with Gasteiger partial charge in [-0.3, -0.25) is 0 Å². The van der Waals surface area contributed by atoms with Crippen LogP contribution >= 0.6 is 0 Å². The largest absolute Gasteiger partial charge is 0.456 e. The normalized spacial score (nSPS) is 12.1. The first-order valence-corrected chi connectivity index (χ1v) is 38.0. The minimum Gasteiger partial charge on any atom is -0.456 e. The van der Waals surface area contributed by atoms with Crippen molar-refractivity contribution in [2.24, 2.45) is 0 Å². The van der Waals surface area contributed by atoms with Crippen molar-refractivity contribution >= 4 is 142 Å². The number of rotatable bonds is 10. The van der Waals surface area contributed by atoms with E-state index < -0.39 is 0 Å². The summed E-state index contributed by atoms with van der Waals surface area (Å²) in [5, 5.41) is 14.8. The molecule has 24 aromatic rings. The Bertz CT molecular complexity index is 8080. The molecule has 0 unspecified atom stereocenters. The maximum Gasteiger partial charge on any atom is 0.160 e. The fourth-order valence-electron chi connectivity index (χ4n) is 17.9. The molecule has 0 aliphatic carbocycles. The Morgan fingerprint density at radius 3 is 0.938 bits per heavy atom. The zero-order valence-electron chi connectivity index (χ0n) is 60.2. The summed E-state index contributed by atoms with van der Waals surface area (Å²) in [6.45, 7) is 0. The van der Waals surface area contributed by atoms with E-state index in [0.717, 1.165) is 199 Å². The van der Waals surface area contributed by atoms with E-state index in [2.05, 4.69) is 347 Å². The molecule has 0 bridgehead atoms. The predicted molar refractivity (Wildman–Crippen MR) is 462 cm³/mol. The van der Waals surface area contributed by atoms with Crippen LogP contribution in [0, 0.1) is 0 Å². The molecule has 0 aliphatic heterocycles. The van der Waals surface area contributed by atoms with Gasteiger partial charge < -0.3 is 27.0 Å². The van der Waals surface area contributed by atoms with Crippen molar-refractivity contribution in [1.82, 2.24) is 23.7 Å². The van der Waals surface area contributed by atoms with Crippen LogP contribution in [0.4, 0.5) is 0 Å². The second kappa shape index (κ2) is 24.2. The van der Waals surface area contributed by atoms with Gasteiger partial charge in [0, 0.05) is 98.2 Å². The number of aromatic nitrogens is 5. The number of hydrogen-bond acceptors (Lipinski definition) is 5. The lowest BCUT2D eigenvalue weighted by Gasteiger charge is -2.14. The molecule has 0 fully saturated rings. The monoisotopic (exact) mass is 1430 g/mol. The average Bonchev–Trinajstić information content (AvgIpc) is 1.58. The SMILES string of the molecule is c1cc(-c2ccc3nc(-c4cccc(-n5c6ccccc6c6cc(-c7ccc8c(c7)oc7ccccc78)ccc65)c4)nc(-c4ccc(-c5ccc(-n6c7ccccc7c7cc(-c8ccc9c(c8)oc8ccccc89)ccc76)cc5)cc4)c3c2)cc(-n2c3ccccc3c3cc(-c4ccc5c(c4)oc4ccccc45)ccc32)c1. The van der Waals surface area contributed by atoms with E-state index in [1.807, 2.05) is 36.4 Å². The molecule has 24 rings (SSSR count). The summed E-state index contributed by atoms with van der Waals surface area (Å²) in [6.07, 6.45) is 0. The van der Waals surface area contributed by atoms with Gasteiger partial charge in [-0.1, -0.05) is 212 Å². The number of benzene rings is 17. The predicted octanol–water partition coefficient (Wildman–Crippen LogP) is 28.3. The Hall–Kier alpha value is -15.1. The van der Waals surface area contributed by atoms with Gasteiger partial charge in [0.1, 0.15) is 33.5 Å². The van der Waals surface area contributed by atoms with Crippen molar-refractivity contribution < 1.29 is 13.3 Å². The summed E-state index contributed by atoms with van der Waals surface area (Å²) in [6, 6.07) is 133. The van der Waals surface area contributed by atoms with E-state index in [9.17, 15) is 0 Å². The molecule has 0 N–H and O–H groups in total. The number of fused-ring (bicyclic) bond motifs is 19. The summed E-state index contributed by atoms with van der Waals surface area (Å²) in [4.78, 5) is 11.2. The van der Waals surface area contributed by atoms with Gasteiger partial charge in [0.25, 0.3) is 0 Å². The van der Waals surface area contributed by atoms with E-state index in [0.29, 0.717) is 5.82 Å². The highest BCUT2D eigenvalue weighted by Gasteiger charge is 2.22. The summed E-state index contributed by atoms with van der Waals surface area (Å²) < 4.78 is 26.3. The molecular weight excluding hydrogens is 1370 g/mol. The van der Waals surface area contributed by atoms with Gasteiger partial charge >= 0.3 is 0 Å². The lowest BCUT2D eigenvalue weighted by molar-refractivity contribution is 0.668. The van der Waals surface area contributed by atoms with Crippen molar-refractivity contribution in [2.75, 3.05) is 0 Å². The fourth-order valence-corrected chi connectivity index (χ4v) is 17.9. The van der Waals surface area contributed by atoms with Crippen LogP contribution in [0.15, 0.2) is 383 Å². The molecule has 17 aromatic carbocycles. The van der Waals surface area contributed by atoms with E-state index in [1.54, 1.807) is 0 Å². The molecule has 7 heterocycles. The Labute approximate surface area is 640 Å². The van der Waals surface area contributed by atoms with E-state index >= 15 is 0 Å². The third kappa shape index (κ3) is 9.68. The van der Waals surface area contributed by atoms with Gasteiger partial charge in [0.05, 0.1) is 44.3 Å². The Morgan fingerprint density at radius 1 is 0.170 bits per heavy atom. The van der Waals surface area contributed by atoms with Crippen molar-refractivity contribution in [2.45, 2.75) is 0 Å². The van der Waals surface area contributed by atoms with Crippen LogP contribution in [-0.2, 0) is 0 Å². The van der Waals surface area contributed by atoms with Crippen LogP contribution in [0.5, 0.6) is 0 Å². The molecule has 0 saturated heterocycles. The molecular formula is C104H61N5O3. The quantitative estimate of drug-likeness (QED) is 0.136. The highest BCUT2D eigenvalue weighted by molar-refractivity contribution is 6.15. The maximum absolute atomic E-state index is 6.38. The Balaban J connectivity index is 0.601. The Morgan fingerprint density at radius 2 is 0.482 bits per heavy atom. The molecule has 520 valence electrons. The van der Waals surface area contributed by atoms with Crippen LogP contribution in [0.3, 0.4) is 0 Å². The fraction of sp³-hybridized carbons (Fsp3) is 0. The van der Waals surface area contributed by atoms with Crippen LogP contribution in [-0.4, -0.2) is 23.7 Å². The highest BCUT2D eigenvalue weighted by atomic mass is 16.3. The van der Waals surface area contributed by atoms with Crippen molar-refractivity contribution in [3.05, 3.63) is 370 Å². The molecule has 0 saturated carbocycles. The highest BCUT2D eigenvalue weighted by Crippen LogP contribution is 2.44. The number of nitrogens with zero attached hydrogens (tertiary/aromatic N) is 5. The first-order valence-electron chi connectivity index (χ1n) is 38.0. The van der Waals surface area contributed by atoms with E-state index in [4.69, 9.17) is 23.2 Å². The zero-order valence-corrected chi connectivity index (χ0v) is 60.2. The smallest absolute Gasteiger partial charge is 0.160 e. The summed E-state index contributed by atoms with van der Waals surface area (Å²) in [7, 11) is 0. The van der Waals surface area contributed by atoms with Crippen LogP contribution < -0.4 is 0 Å². The van der Waals surface area contributed by atoms with Gasteiger partial charge in [-0.2, -0.15) is 0 Å². The summed E-state index contributed by atoms with van der Waals surface area (Å²) in [5.41, 5.74) is 30.0. The van der Waals surface area contributed by atoms with E-state index in [-0.39, 0.29) is 0 Å². The number of para-hydroxylation sites is 6. The first-order chi connectivity index (χ1) is 55.4. The number of hydrogen-bond donors (Lipinski definition) is 0. The molecule has 7 aromatic heterocycles. The zero-order chi connectivity index (χ0) is 73.2. The minimum absolute atomic E-state index is 0.637. The average molecular weight is 1430 g/mol. The van der Waals surface area contributed by atoms with Crippen LogP contribution in [0.1, 0.15) is 0 Å². The van der Waals surface area contributed by atoms with Crippen LogP contribution in [0.2, 0.25) is 0 Å². The van der Waals surface area contributed by atoms with Gasteiger partial charge in [-0.25, -0.2) is 9.97 Å². The third-order valence-corrected chi connectivity index (χ3v) is 23.3. The lowest BCUT2D eigenvalue weighted by atomic mass is 9.98. The summed E-state index contributed by atoms with van der Waals surface area (Å²) >= 11 is 0. The van der Waals surface area contributed by atoms with Crippen molar-refractivity contribution in [3.63, 3.8) is 0 Å². The second-order valence-corrected chi connectivity index (χ2v) is 29.5. The molecule has 0 radical (unpaired) electrons. The van der Waals surface area contributed by atoms with Crippen LogP contribution in [0.25, 0.3) is 237 Å². The lowest BCUT2D eigenvalue weighted by Crippen LogP contribution is -1.98. The molecule has 0 atom stereocenters. The standard InChI is InChI=1S/C104H61N5O3/c1-7-25-91-77(19-1)86-55-67(70-37-46-83-80-22-4-10-28-97(80)110-100(83)59-70)41-50-94(86)107(91)74-44-35-63(36-45-74)62-31-33-64(34-32-62)103-89-58-66(65-15-13-17-75(53-65)108-92-26-8-2-20-78(92)87-56-68(42-51-95(87)108)71-38-47-84-81-23-5-11-29-98(81)111-101(84)60-71)40-49-90(89)105-104(106-103)73-16-14-18-76(54-73)109-93-27-9-3-21-79(93)88-57-69(43-52-96(88)109)72-39-48-85-82-24-6-12-30-99(82)112-102(85)61-72/h1-61H. The van der Waals surface area contributed by atoms with Gasteiger partial charge in [-0.05, 0) is 213 Å². The number of furan rings is 3. The van der Waals surface area contributed by atoms with Gasteiger partial charge in [0.15, 0.2) is 5.82 Å². The molecule has 112 heavy (non-hydrogen) atoms. The van der Waals surface area contributed by atoms with Gasteiger partial charge in [-0.15, -0.1) is 0 Å². The Kier molecular flexibility index (Phi) is 13.4. The van der Waals surface area contributed by atoms with E-state index in [1.165, 1.54) is 32.3 Å². The summed E-state index contributed by atoms with van der Waals surface area (Å²) in [5.74, 6) is 0.637. The topological polar surface area (TPSA) is 80.0 Å². The van der Waals surface area contributed by atoms with Crippen molar-refractivity contribution in [1.29, 1.82) is 0 Å². The first kappa shape index (κ1) is 62.0.